The Morgan fingerprint density at radius 2 is 1.28 bits per heavy atom. The smallest absolute Gasteiger partial charge is 0.375 e. The third-order valence-electron chi connectivity index (χ3n) is 4.58. The molecule has 190 valence electrons. The number of ketones is 3. The van der Waals surface area contributed by atoms with E-state index in [0.29, 0.717) is 0 Å². The first-order valence-corrected chi connectivity index (χ1v) is 13.6. The van der Waals surface area contributed by atoms with Crippen molar-refractivity contribution in [1.29, 1.82) is 0 Å². The lowest BCUT2D eigenvalue weighted by molar-refractivity contribution is -0.152. The molecule has 0 aliphatic carbocycles. The minimum absolute atomic E-state index is 0.0336. The first-order chi connectivity index (χ1) is 17.0. The Balaban J connectivity index is 0.000000286. The summed E-state index contributed by atoms with van der Waals surface area (Å²) in [6.45, 7) is 7.03. The molecule has 0 heterocycles. The molecule has 0 saturated heterocycles. The van der Waals surface area contributed by atoms with Crippen LogP contribution in [0.25, 0.3) is 11.1 Å². The summed E-state index contributed by atoms with van der Waals surface area (Å²) in [4.78, 5) is 43.0. The first kappa shape index (κ1) is 31.6. The van der Waals surface area contributed by atoms with E-state index in [1.807, 2.05) is 61.5 Å². The Morgan fingerprint density at radius 1 is 0.750 bits per heavy atom. The van der Waals surface area contributed by atoms with Gasteiger partial charge in [-0.2, -0.15) is 0 Å². The summed E-state index contributed by atoms with van der Waals surface area (Å²) in [5.41, 5.74) is 4.88. The molecule has 0 fully saturated rings. The molecule has 0 spiro atoms. The fourth-order valence-corrected chi connectivity index (χ4v) is 4.44. The molecule has 0 N–H and O–H groups in total. The van der Waals surface area contributed by atoms with Crippen molar-refractivity contribution in [1.82, 2.24) is 0 Å². The highest BCUT2D eigenvalue weighted by atomic mass is 79.9. The van der Waals surface area contributed by atoms with Crippen LogP contribution in [0.15, 0.2) is 75.7 Å². The van der Waals surface area contributed by atoms with Gasteiger partial charge >= 0.3 is 5.97 Å². The molecule has 0 aromatic heterocycles. The number of rotatable bonds is 6. The molecule has 0 aliphatic heterocycles. The Labute approximate surface area is 237 Å². The van der Waals surface area contributed by atoms with Gasteiger partial charge in [-0.3, -0.25) is 14.4 Å². The second-order valence-corrected chi connectivity index (χ2v) is 9.70. The number of aryl methyl sites for hydroxylation is 1. The van der Waals surface area contributed by atoms with Crippen LogP contribution < -0.4 is 0 Å². The van der Waals surface area contributed by atoms with Crippen LogP contribution in [0.4, 0.5) is 0 Å². The minimum atomic E-state index is -0.769. The van der Waals surface area contributed by atoms with Crippen LogP contribution in [0.2, 0.25) is 0 Å². The normalized spacial score (nSPS) is 9.64. The molecular weight excluding hydrogens is 656 g/mol. The van der Waals surface area contributed by atoms with Crippen LogP contribution in [0.1, 0.15) is 47.1 Å². The monoisotopic (exact) mass is 680 g/mol. The van der Waals surface area contributed by atoms with Crippen LogP contribution in [-0.2, 0) is 14.3 Å². The lowest BCUT2D eigenvalue weighted by atomic mass is 10.0. The number of hydrogen-bond donors (Lipinski definition) is 0. The summed E-state index contributed by atoms with van der Waals surface area (Å²) in [5.74, 6) is -1.14. The summed E-state index contributed by atoms with van der Waals surface area (Å²) in [7, 11) is 0. The third-order valence-corrected chi connectivity index (χ3v) is 6.41. The Kier molecular flexibility index (Phi) is 14.4. The van der Waals surface area contributed by atoms with Gasteiger partial charge in [0.2, 0.25) is 5.78 Å². The zero-order valence-electron chi connectivity index (χ0n) is 20.4. The predicted octanol–water partition coefficient (Wildman–Crippen LogP) is 7.79. The van der Waals surface area contributed by atoms with Gasteiger partial charge in [-0.05, 0) is 62.6 Å². The van der Waals surface area contributed by atoms with Crippen LogP contribution in [-0.4, -0.2) is 35.3 Å². The number of ether oxygens (including phenoxy) is 1. The number of alkyl halides is 1. The number of benzene rings is 3. The maximum atomic E-state index is 11.3. The molecule has 3 aromatic carbocycles. The SMILES string of the molecule is CC(=O)c1ccc(-c2ccccc2)cc1Br.CC(=O)c1ccc(C)cc1Br.CCOC(=O)C(=O)CBr. The van der Waals surface area contributed by atoms with Gasteiger partial charge in [0.15, 0.2) is 11.6 Å². The quantitative estimate of drug-likeness (QED) is 0.115. The van der Waals surface area contributed by atoms with Gasteiger partial charge in [0.05, 0.1) is 11.9 Å². The van der Waals surface area contributed by atoms with Crippen molar-refractivity contribution >= 4 is 71.1 Å². The molecular formula is C28H27Br3O5. The molecule has 0 amide bonds. The molecule has 0 aliphatic rings. The Morgan fingerprint density at radius 3 is 1.72 bits per heavy atom. The lowest BCUT2D eigenvalue weighted by Crippen LogP contribution is -2.17. The average Bonchev–Trinajstić information content (AvgIpc) is 2.84. The van der Waals surface area contributed by atoms with E-state index in [4.69, 9.17) is 0 Å². The van der Waals surface area contributed by atoms with Crippen molar-refractivity contribution in [3.63, 3.8) is 0 Å². The molecule has 3 aromatic rings. The highest BCUT2D eigenvalue weighted by Crippen LogP contribution is 2.26. The summed E-state index contributed by atoms with van der Waals surface area (Å²) in [6, 6.07) is 21.6. The van der Waals surface area contributed by atoms with Crippen LogP contribution in [0.3, 0.4) is 0 Å². The van der Waals surface area contributed by atoms with Gasteiger partial charge in [0.25, 0.3) is 0 Å². The molecule has 8 heteroatoms. The fourth-order valence-electron chi connectivity index (χ4n) is 2.78. The van der Waals surface area contributed by atoms with Gasteiger partial charge in [-0.15, -0.1) is 0 Å². The second kappa shape index (κ2) is 16.3. The summed E-state index contributed by atoms with van der Waals surface area (Å²) < 4.78 is 6.10. The Bertz CT molecular complexity index is 1210. The number of carbonyl (C=O) groups is 4. The molecule has 0 saturated carbocycles. The summed E-state index contributed by atoms with van der Waals surface area (Å²) in [5, 5.41) is 0.0336. The van der Waals surface area contributed by atoms with E-state index in [1.165, 1.54) is 0 Å². The fraction of sp³-hybridized carbons (Fsp3) is 0.214. The van der Waals surface area contributed by atoms with E-state index in [1.54, 1.807) is 20.8 Å². The summed E-state index contributed by atoms with van der Waals surface area (Å²) >= 11 is 9.59. The average molecular weight is 683 g/mol. The number of carbonyl (C=O) groups excluding carboxylic acids is 4. The Hall–Kier alpha value is -2.42. The minimum Gasteiger partial charge on any atom is -0.460 e. The van der Waals surface area contributed by atoms with E-state index in [0.717, 1.165) is 36.8 Å². The highest BCUT2D eigenvalue weighted by Gasteiger charge is 2.11. The number of halogens is 3. The topological polar surface area (TPSA) is 77.5 Å². The molecule has 0 atom stereocenters. The number of esters is 1. The molecule has 3 rings (SSSR count). The van der Waals surface area contributed by atoms with Crippen molar-refractivity contribution < 1.29 is 23.9 Å². The standard InChI is InChI=1S/C14H11BrO.C9H9BrO.C5H7BrO3/c1-10(16)13-8-7-12(9-14(13)15)11-5-3-2-4-6-11;1-6-3-4-8(7(2)11)9(10)5-6;1-2-9-5(8)4(7)3-6/h2-9H,1H3;3-5H,1-2H3;2-3H2,1H3. The van der Waals surface area contributed by atoms with Gasteiger partial charge in [-0.25, -0.2) is 4.79 Å². The molecule has 0 radical (unpaired) electrons. The maximum absolute atomic E-state index is 11.3. The van der Waals surface area contributed by atoms with Crippen molar-refractivity contribution in [2.24, 2.45) is 0 Å². The largest absolute Gasteiger partial charge is 0.460 e. The van der Waals surface area contributed by atoms with E-state index < -0.39 is 11.8 Å². The molecule has 36 heavy (non-hydrogen) atoms. The van der Waals surface area contributed by atoms with Gasteiger partial charge in [0, 0.05) is 20.1 Å². The van der Waals surface area contributed by atoms with E-state index >= 15 is 0 Å². The van der Waals surface area contributed by atoms with Crippen molar-refractivity contribution in [3.8, 4) is 11.1 Å². The van der Waals surface area contributed by atoms with Crippen molar-refractivity contribution in [2.45, 2.75) is 27.7 Å². The number of Topliss-reactive ketones (excluding diaryl/α,β-unsaturated/α-hetero) is 3. The van der Waals surface area contributed by atoms with Crippen molar-refractivity contribution in [2.75, 3.05) is 11.9 Å². The van der Waals surface area contributed by atoms with Gasteiger partial charge in [-0.1, -0.05) is 96.3 Å². The van der Waals surface area contributed by atoms with E-state index in [9.17, 15) is 19.2 Å². The first-order valence-electron chi connectivity index (χ1n) is 10.9. The zero-order chi connectivity index (χ0) is 27.3. The molecule has 5 nitrogen and oxygen atoms in total. The lowest BCUT2D eigenvalue weighted by Gasteiger charge is -2.05. The highest BCUT2D eigenvalue weighted by molar-refractivity contribution is 9.11. The zero-order valence-corrected chi connectivity index (χ0v) is 25.2. The van der Waals surface area contributed by atoms with Gasteiger partial charge < -0.3 is 4.74 Å². The third kappa shape index (κ3) is 10.7. The second-order valence-electron chi connectivity index (χ2n) is 7.43. The maximum Gasteiger partial charge on any atom is 0.375 e. The van der Waals surface area contributed by atoms with E-state index in [2.05, 4.69) is 64.7 Å². The van der Waals surface area contributed by atoms with Crippen LogP contribution in [0, 0.1) is 6.92 Å². The predicted molar refractivity (Wildman–Crippen MR) is 154 cm³/mol. The summed E-state index contributed by atoms with van der Waals surface area (Å²) in [6.07, 6.45) is 0. The molecule has 0 bridgehead atoms. The van der Waals surface area contributed by atoms with Crippen molar-refractivity contribution in [3.05, 3.63) is 92.4 Å². The van der Waals surface area contributed by atoms with Crippen LogP contribution >= 0.6 is 47.8 Å². The number of hydrogen-bond acceptors (Lipinski definition) is 5. The molecule has 0 unspecified atom stereocenters. The van der Waals surface area contributed by atoms with E-state index in [-0.39, 0.29) is 23.5 Å². The van der Waals surface area contributed by atoms with Gasteiger partial charge in [0.1, 0.15) is 0 Å². The van der Waals surface area contributed by atoms with Crippen LogP contribution in [0.5, 0.6) is 0 Å².